The molecule has 1 fully saturated rings. The second kappa shape index (κ2) is 5.74. The summed E-state index contributed by atoms with van der Waals surface area (Å²) in [5.41, 5.74) is 7.37. The van der Waals surface area contributed by atoms with Crippen molar-refractivity contribution in [3.8, 4) is 0 Å². The predicted octanol–water partition coefficient (Wildman–Crippen LogP) is 2.73. The summed E-state index contributed by atoms with van der Waals surface area (Å²) in [6.45, 7) is 6.21. The minimum atomic E-state index is -0.521. The van der Waals surface area contributed by atoms with E-state index < -0.39 is 6.04 Å². The van der Waals surface area contributed by atoms with Crippen LogP contribution >= 0.6 is 0 Å². The highest BCUT2D eigenvalue weighted by atomic mass is 16.2. The lowest BCUT2D eigenvalue weighted by atomic mass is 9.78. The van der Waals surface area contributed by atoms with Gasteiger partial charge in [0.1, 0.15) is 6.04 Å². The van der Waals surface area contributed by atoms with Gasteiger partial charge in [-0.05, 0) is 23.8 Å². The molecule has 1 aliphatic rings. The van der Waals surface area contributed by atoms with E-state index >= 15 is 0 Å². The molecule has 0 aliphatic carbocycles. The maximum atomic E-state index is 12.4. The maximum absolute atomic E-state index is 12.4. The molecule has 19 heavy (non-hydrogen) atoms. The first-order valence-electron chi connectivity index (χ1n) is 7.15. The number of carbonyl (C=O) groups excluding carboxylic acids is 1. The average molecular weight is 260 g/mol. The largest absolute Gasteiger partial charge is 0.341 e. The number of likely N-dealkylation sites (tertiary alicyclic amines) is 1. The molecule has 1 atom stereocenters. The summed E-state index contributed by atoms with van der Waals surface area (Å²) in [5, 5.41) is 0. The van der Waals surface area contributed by atoms with Gasteiger partial charge in [0.05, 0.1) is 0 Å². The van der Waals surface area contributed by atoms with Crippen molar-refractivity contribution in [3.63, 3.8) is 0 Å². The van der Waals surface area contributed by atoms with Crippen molar-refractivity contribution in [1.29, 1.82) is 0 Å². The molecule has 0 saturated carbocycles. The maximum Gasteiger partial charge on any atom is 0.244 e. The van der Waals surface area contributed by atoms with E-state index in [1.165, 1.54) is 6.42 Å². The molecule has 2 N–H and O–H groups in total. The summed E-state index contributed by atoms with van der Waals surface area (Å²) in [7, 11) is 0. The monoisotopic (exact) mass is 260 g/mol. The van der Waals surface area contributed by atoms with Crippen molar-refractivity contribution in [3.05, 3.63) is 35.9 Å². The Bertz CT molecular complexity index is 422. The zero-order valence-corrected chi connectivity index (χ0v) is 11.9. The molecule has 1 heterocycles. The van der Waals surface area contributed by atoms with E-state index in [1.807, 2.05) is 35.2 Å². The van der Waals surface area contributed by atoms with Crippen LogP contribution in [0.15, 0.2) is 30.3 Å². The number of amides is 1. The number of rotatable bonds is 3. The molecular weight excluding hydrogens is 236 g/mol. The minimum Gasteiger partial charge on any atom is -0.341 e. The lowest BCUT2D eigenvalue weighted by molar-refractivity contribution is -0.135. The number of nitrogens with two attached hydrogens (primary N) is 1. The summed E-state index contributed by atoms with van der Waals surface area (Å²) >= 11 is 0. The van der Waals surface area contributed by atoms with Crippen molar-refractivity contribution in [2.75, 3.05) is 13.1 Å². The number of carbonyl (C=O) groups is 1. The fourth-order valence-electron chi connectivity index (χ4n) is 2.62. The normalized spacial score (nSPS) is 20.1. The van der Waals surface area contributed by atoms with Crippen molar-refractivity contribution in [1.82, 2.24) is 4.90 Å². The lowest BCUT2D eigenvalue weighted by Crippen LogP contribution is -2.45. The van der Waals surface area contributed by atoms with Gasteiger partial charge < -0.3 is 10.6 Å². The van der Waals surface area contributed by atoms with Crippen LogP contribution in [0, 0.1) is 5.41 Å². The van der Waals surface area contributed by atoms with Crippen LogP contribution in [0.5, 0.6) is 0 Å². The fourth-order valence-corrected chi connectivity index (χ4v) is 2.62. The number of hydrogen-bond donors (Lipinski definition) is 1. The molecule has 0 aromatic heterocycles. The second-order valence-electron chi connectivity index (χ2n) is 5.88. The van der Waals surface area contributed by atoms with Crippen LogP contribution in [-0.2, 0) is 4.79 Å². The Hall–Kier alpha value is -1.35. The standard InChI is InChI=1S/C16H24N2O/c1-3-16(2)9-11-18(12-10-16)15(19)14(17)13-7-5-4-6-8-13/h4-8,14H,3,9-12,17H2,1-2H3/t14-/m1/s1. The van der Waals surface area contributed by atoms with Gasteiger partial charge in [-0.1, -0.05) is 50.6 Å². The quantitative estimate of drug-likeness (QED) is 0.908. The highest BCUT2D eigenvalue weighted by Gasteiger charge is 2.32. The molecule has 2 rings (SSSR count). The third-order valence-electron chi connectivity index (χ3n) is 4.56. The molecule has 104 valence electrons. The van der Waals surface area contributed by atoms with Crippen LogP contribution in [-0.4, -0.2) is 23.9 Å². The van der Waals surface area contributed by atoms with Gasteiger partial charge in [0.25, 0.3) is 0 Å². The smallest absolute Gasteiger partial charge is 0.244 e. The van der Waals surface area contributed by atoms with Crippen molar-refractivity contribution in [2.45, 2.75) is 39.2 Å². The topological polar surface area (TPSA) is 46.3 Å². The van der Waals surface area contributed by atoms with E-state index in [1.54, 1.807) is 0 Å². The third kappa shape index (κ3) is 3.16. The van der Waals surface area contributed by atoms with E-state index in [0.29, 0.717) is 5.41 Å². The SMILES string of the molecule is CCC1(C)CCN(C(=O)[C@H](N)c2ccccc2)CC1. The molecule has 0 spiro atoms. The summed E-state index contributed by atoms with van der Waals surface area (Å²) in [5.74, 6) is 0.0596. The summed E-state index contributed by atoms with van der Waals surface area (Å²) < 4.78 is 0. The van der Waals surface area contributed by atoms with Crippen molar-refractivity contribution >= 4 is 5.91 Å². The van der Waals surface area contributed by atoms with E-state index in [0.717, 1.165) is 31.5 Å². The van der Waals surface area contributed by atoms with Crippen LogP contribution in [0.25, 0.3) is 0 Å². The number of benzene rings is 1. The fraction of sp³-hybridized carbons (Fsp3) is 0.562. The molecule has 0 unspecified atom stereocenters. The molecule has 1 amide bonds. The van der Waals surface area contributed by atoms with Crippen LogP contribution in [0.3, 0.4) is 0 Å². The molecule has 3 nitrogen and oxygen atoms in total. The predicted molar refractivity (Wildman–Crippen MR) is 77.6 cm³/mol. The molecule has 0 bridgehead atoms. The van der Waals surface area contributed by atoms with E-state index in [9.17, 15) is 4.79 Å². The summed E-state index contributed by atoms with van der Waals surface area (Å²) in [6, 6.07) is 9.10. The van der Waals surface area contributed by atoms with Gasteiger partial charge >= 0.3 is 0 Å². The number of nitrogens with zero attached hydrogens (tertiary/aromatic N) is 1. The number of piperidine rings is 1. The summed E-state index contributed by atoms with van der Waals surface area (Å²) in [4.78, 5) is 14.3. The van der Waals surface area contributed by atoms with E-state index in [-0.39, 0.29) is 5.91 Å². The molecule has 1 aliphatic heterocycles. The van der Waals surface area contributed by atoms with Gasteiger partial charge in [-0.25, -0.2) is 0 Å². The molecule has 3 heteroatoms. The van der Waals surface area contributed by atoms with Crippen molar-refractivity contribution < 1.29 is 4.79 Å². The highest BCUT2D eigenvalue weighted by molar-refractivity contribution is 5.83. The van der Waals surface area contributed by atoms with Gasteiger partial charge in [-0.3, -0.25) is 4.79 Å². The Morgan fingerprint density at radius 3 is 2.42 bits per heavy atom. The first-order valence-corrected chi connectivity index (χ1v) is 7.15. The van der Waals surface area contributed by atoms with E-state index in [4.69, 9.17) is 5.73 Å². The van der Waals surface area contributed by atoms with Gasteiger partial charge in [-0.2, -0.15) is 0 Å². The zero-order chi connectivity index (χ0) is 13.9. The van der Waals surface area contributed by atoms with Crippen LogP contribution in [0.1, 0.15) is 44.7 Å². The lowest BCUT2D eigenvalue weighted by Gasteiger charge is -2.39. The van der Waals surface area contributed by atoms with Crippen LogP contribution in [0.2, 0.25) is 0 Å². The first kappa shape index (κ1) is 14.1. The molecule has 1 aromatic carbocycles. The third-order valence-corrected chi connectivity index (χ3v) is 4.56. The Morgan fingerprint density at radius 2 is 1.89 bits per heavy atom. The van der Waals surface area contributed by atoms with Gasteiger partial charge in [0, 0.05) is 13.1 Å². The second-order valence-corrected chi connectivity index (χ2v) is 5.88. The van der Waals surface area contributed by atoms with Gasteiger partial charge in [-0.15, -0.1) is 0 Å². The Labute approximate surface area is 115 Å². The van der Waals surface area contributed by atoms with Crippen LogP contribution < -0.4 is 5.73 Å². The zero-order valence-electron chi connectivity index (χ0n) is 11.9. The molecule has 1 aromatic rings. The Morgan fingerprint density at radius 1 is 1.32 bits per heavy atom. The Kier molecular flexibility index (Phi) is 4.25. The number of hydrogen-bond acceptors (Lipinski definition) is 2. The van der Waals surface area contributed by atoms with Crippen molar-refractivity contribution in [2.24, 2.45) is 11.1 Å². The molecule has 0 radical (unpaired) electrons. The Balaban J connectivity index is 1.98. The van der Waals surface area contributed by atoms with E-state index in [2.05, 4.69) is 13.8 Å². The van der Waals surface area contributed by atoms with Gasteiger partial charge in [0.2, 0.25) is 5.91 Å². The van der Waals surface area contributed by atoms with Crippen LogP contribution in [0.4, 0.5) is 0 Å². The first-order chi connectivity index (χ1) is 9.06. The molecular formula is C16H24N2O. The molecule has 1 saturated heterocycles. The highest BCUT2D eigenvalue weighted by Crippen LogP contribution is 2.34. The minimum absolute atomic E-state index is 0.0596. The average Bonchev–Trinajstić information content (AvgIpc) is 2.47. The van der Waals surface area contributed by atoms with Gasteiger partial charge in [0.15, 0.2) is 0 Å². The summed E-state index contributed by atoms with van der Waals surface area (Å²) in [6.07, 6.45) is 3.34.